The monoisotopic (exact) mass is 1170 g/mol. The van der Waals surface area contributed by atoms with Crippen molar-refractivity contribution in [1.29, 1.82) is 0 Å². The van der Waals surface area contributed by atoms with Gasteiger partial charge in [-0.15, -0.1) is 0 Å². The standard InChI is InChI=1S/C77H144O6/c1-4-7-10-13-16-19-22-25-28-31-33-34-35-36-37-38-39-40-41-42-43-44-45-47-49-52-55-58-61-64-67-70-76(79)82-73-74(72-81-75(78)69-66-63-60-57-54-51-48-30-27-24-21-18-15-12-9-6-3)83-77(80)71-68-65-62-59-56-53-50-46-32-29-26-23-20-17-14-11-8-5-2/h20,23,29-30,32,48,74H,4-19,21-22,24-28,31,33-47,49-73H2,1-3H3/b23-20-,32-29-,48-30-. The summed E-state index contributed by atoms with van der Waals surface area (Å²) in [6.45, 7) is 6.69. The van der Waals surface area contributed by atoms with Gasteiger partial charge in [-0.05, 0) is 77.0 Å². The largest absolute Gasteiger partial charge is 0.462 e. The van der Waals surface area contributed by atoms with Gasteiger partial charge in [0.1, 0.15) is 13.2 Å². The van der Waals surface area contributed by atoms with E-state index in [0.717, 1.165) is 77.0 Å². The van der Waals surface area contributed by atoms with Crippen LogP contribution in [0.3, 0.4) is 0 Å². The van der Waals surface area contributed by atoms with Crippen LogP contribution in [0.2, 0.25) is 0 Å². The minimum absolute atomic E-state index is 0.0734. The average molecular weight is 1170 g/mol. The first-order valence-corrected chi connectivity index (χ1v) is 37.5. The molecule has 0 aromatic carbocycles. The van der Waals surface area contributed by atoms with Crippen LogP contribution in [0.1, 0.15) is 419 Å². The number of unbranched alkanes of at least 4 members (excludes halogenated alkanes) is 53. The van der Waals surface area contributed by atoms with Gasteiger partial charge in [0.25, 0.3) is 0 Å². The molecule has 0 N–H and O–H groups in total. The van der Waals surface area contributed by atoms with Gasteiger partial charge in [-0.25, -0.2) is 0 Å². The molecule has 6 heteroatoms. The van der Waals surface area contributed by atoms with E-state index in [1.54, 1.807) is 0 Å². The van der Waals surface area contributed by atoms with E-state index >= 15 is 0 Å². The number of rotatable bonds is 70. The third-order valence-corrected chi connectivity index (χ3v) is 17.1. The molecule has 0 saturated heterocycles. The van der Waals surface area contributed by atoms with Crippen LogP contribution >= 0.6 is 0 Å². The van der Waals surface area contributed by atoms with E-state index in [4.69, 9.17) is 14.2 Å². The fraction of sp³-hybridized carbons (Fsp3) is 0.883. The maximum absolute atomic E-state index is 13.0. The van der Waals surface area contributed by atoms with Crippen LogP contribution in [0.5, 0.6) is 0 Å². The van der Waals surface area contributed by atoms with Gasteiger partial charge in [0, 0.05) is 19.3 Å². The fourth-order valence-corrected chi connectivity index (χ4v) is 11.5. The molecule has 1 unspecified atom stereocenters. The van der Waals surface area contributed by atoms with Gasteiger partial charge >= 0.3 is 17.9 Å². The maximum atomic E-state index is 13.0. The molecule has 488 valence electrons. The van der Waals surface area contributed by atoms with Crippen molar-refractivity contribution in [3.63, 3.8) is 0 Å². The zero-order valence-corrected chi connectivity index (χ0v) is 56.2. The van der Waals surface area contributed by atoms with E-state index in [1.165, 1.54) is 302 Å². The zero-order chi connectivity index (χ0) is 59.9. The van der Waals surface area contributed by atoms with Crippen molar-refractivity contribution in [2.45, 2.75) is 425 Å². The Bertz CT molecular complexity index is 1380. The summed E-state index contributed by atoms with van der Waals surface area (Å²) in [7, 11) is 0. The number of hydrogen-bond donors (Lipinski definition) is 0. The SMILES string of the molecule is CCCCCC/C=C\C/C=C\CCCCCCCCCC(=O)OC(COC(=O)CCCCCCC/C=C\CCCCCCCCC)COC(=O)CCCCCCCCCCCCCCCCCCCCCCCCCCCCCCCCC. The molecule has 0 amide bonds. The summed E-state index contributed by atoms with van der Waals surface area (Å²) in [5.41, 5.74) is 0. The van der Waals surface area contributed by atoms with Crippen molar-refractivity contribution < 1.29 is 28.6 Å². The molecule has 0 spiro atoms. The van der Waals surface area contributed by atoms with Crippen molar-refractivity contribution in [2.24, 2.45) is 0 Å². The van der Waals surface area contributed by atoms with Crippen LogP contribution in [0.4, 0.5) is 0 Å². The molecular formula is C77H144O6. The lowest BCUT2D eigenvalue weighted by Crippen LogP contribution is -2.30. The second-order valence-corrected chi connectivity index (χ2v) is 25.6. The predicted octanol–water partition coefficient (Wildman–Crippen LogP) is 25.9. The molecule has 1 atom stereocenters. The van der Waals surface area contributed by atoms with Gasteiger partial charge in [0.2, 0.25) is 0 Å². The summed E-state index contributed by atoms with van der Waals surface area (Å²) >= 11 is 0. The predicted molar refractivity (Wildman–Crippen MR) is 362 cm³/mol. The molecule has 0 rings (SSSR count). The van der Waals surface area contributed by atoms with Crippen LogP contribution in [0.25, 0.3) is 0 Å². The highest BCUT2D eigenvalue weighted by Gasteiger charge is 2.20. The molecule has 6 nitrogen and oxygen atoms in total. The lowest BCUT2D eigenvalue weighted by molar-refractivity contribution is -0.167. The highest BCUT2D eigenvalue weighted by molar-refractivity contribution is 5.71. The Hall–Kier alpha value is -2.37. The quantitative estimate of drug-likeness (QED) is 0.0261. The maximum Gasteiger partial charge on any atom is 0.306 e. The van der Waals surface area contributed by atoms with Gasteiger partial charge in [-0.1, -0.05) is 359 Å². The summed E-state index contributed by atoms with van der Waals surface area (Å²) in [4.78, 5) is 38.5. The molecule has 0 aliphatic heterocycles. The Labute approximate surface area is 518 Å². The summed E-state index contributed by atoms with van der Waals surface area (Å²) in [5, 5.41) is 0. The van der Waals surface area contributed by atoms with Crippen LogP contribution < -0.4 is 0 Å². The van der Waals surface area contributed by atoms with Gasteiger partial charge in [0.05, 0.1) is 0 Å². The lowest BCUT2D eigenvalue weighted by atomic mass is 10.0. The van der Waals surface area contributed by atoms with E-state index in [-0.39, 0.29) is 31.1 Å². The third kappa shape index (κ3) is 70.3. The second-order valence-electron chi connectivity index (χ2n) is 25.6. The second kappa shape index (κ2) is 72.1. The number of allylic oxidation sites excluding steroid dienone is 6. The smallest absolute Gasteiger partial charge is 0.306 e. The molecular weight excluding hydrogens is 1020 g/mol. The van der Waals surface area contributed by atoms with Crippen molar-refractivity contribution in [2.75, 3.05) is 13.2 Å². The molecule has 0 aliphatic carbocycles. The van der Waals surface area contributed by atoms with Crippen molar-refractivity contribution in [1.82, 2.24) is 0 Å². The number of carbonyl (C=O) groups is 3. The van der Waals surface area contributed by atoms with Gasteiger partial charge in [-0.3, -0.25) is 14.4 Å². The molecule has 0 heterocycles. The highest BCUT2D eigenvalue weighted by Crippen LogP contribution is 2.19. The van der Waals surface area contributed by atoms with Gasteiger partial charge < -0.3 is 14.2 Å². The van der Waals surface area contributed by atoms with Crippen molar-refractivity contribution in [3.05, 3.63) is 36.5 Å². The first kappa shape index (κ1) is 80.6. The Kier molecular flexibility index (Phi) is 70.0. The van der Waals surface area contributed by atoms with E-state index in [2.05, 4.69) is 57.2 Å². The summed E-state index contributed by atoms with van der Waals surface area (Å²) in [6, 6.07) is 0. The van der Waals surface area contributed by atoms with E-state index in [9.17, 15) is 14.4 Å². The third-order valence-electron chi connectivity index (χ3n) is 17.1. The van der Waals surface area contributed by atoms with E-state index in [0.29, 0.717) is 19.3 Å². The van der Waals surface area contributed by atoms with Gasteiger partial charge in [0.15, 0.2) is 6.10 Å². The number of ether oxygens (including phenoxy) is 3. The minimum Gasteiger partial charge on any atom is -0.462 e. The van der Waals surface area contributed by atoms with Crippen LogP contribution in [0, 0.1) is 0 Å². The molecule has 0 aliphatic rings. The molecule has 0 bridgehead atoms. The molecule has 0 saturated carbocycles. The highest BCUT2D eigenvalue weighted by atomic mass is 16.6. The number of hydrogen-bond acceptors (Lipinski definition) is 6. The summed E-state index contributed by atoms with van der Waals surface area (Å²) in [5.74, 6) is -0.860. The van der Waals surface area contributed by atoms with E-state index in [1.807, 2.05) is 0 Å². The average Bonchev–Trinajstić information content (AvgIpc) is 3.50. The van der Waals surface area contributed by atoms with Crippen molar-refractivity contribution in [3.8, 4) is 0 Å². The molecule has 0 radical (unpaired) electrons. The Morgan fingerprint density at radius 3 is 0.687 bits per heavy atom. The lowest BCUT2D eigenvalue weighted by Gasteiger charge is -2.18. The summed E-state index contributed by atoms with van der Waals surface area (Å²) < 4.78 is 17.0. The molecule has 83 heavy (non-hydrogen) atoms. The van der Waals surface area contributed by atoms with Crippen LogP contribution in [0.15, 0.2) is 36.5 Å². The summed E-state index contributed by atoms with van der Waals surface area (Å²) in [6.07, 6.45) is 90.5. The fourth-order valence-electron chi connectivity index (χ4n) is 11.5. The van der Waals surface area contributed by atoms with E-state index < -0.39 is 6.10 Å². The zero-order valence-electron chi connectivity index (χ0n) is 56.2. The number of carbonyl (C=O) groups excluding carboxylic acids is 3. The molecule has 0 aromatic heterocycles. The topological polar surface area (TPSA) is 78.9 Å². The Morgan fingerprint density at radius 2 is 0.434 bits per heavy atom. The van der Waals surface area contributed by atoms with Crippen molar-refractivity contribution >= 4 is 17.9 Å². The normalized spacial score (nSPS) is 12.2. The molecule has 0 fully saturated rings. The first-order chi connectivity index (χ1) is 41.0. The molecule has 0 aromatic rings. The number of esters is 3. The van der Waals surface area contributed by atoms with Gasteiger partial charge in [-0.2, -0.15) is 0 Å². The Balaban J connectivity index is 4.19. The van der Waals surface area contributed by atoms with Crippen LogP contribution in [-0.4, -0.2) is 37.2 Å². The minimum atomic E-state index is -0.779. The first-order valence-electron chi connectivity index (χ1n) is 37.5. The Morgan fingerprint density at radius 1 is 0.241 bits per heavy atom. The van der Waals surface area contributed by atoms with Crippen LogP contribution in [-0.2, 0) is 28.6 Å².